The number of hydrogen-bond donors (Lipinski definition) is 1. The van der Waals surface area contributed by atoms with E-state index in [0.717, 1.165) is 28.9 Å². The van der Waals surface area contributed by atoms with Gasteiger partial charge in [-0.2, -0.15) is 5.26 Å². The number of nitrogens with zero attached hydrogens (tertiary/aromatic N) is 3. The minimum Gasteiger partial charge on any atom is -0.347 e. The van der Waals surface area contributed by atoms with Gasteiger partial charge in [-0.3, -0.25) is 9.28 Å². The predicted molar refractivity (Wildman–Crippen MR) is 138 cm³/mol. The zero-order valence-electron chi connectivity index (χ0n) is 20.0. The van der Waals surface area contributed by atoms with Crippen LogP contribution in [0.2, 0.25) is 0 Å². The number of carbonyl (C=O) groups excluding carboxylic acids is 1. The number of carbonyl (C=O) groups is 1. The lowest BCUT2D eigenvalue weighted by Crippen LogP contribution is -2.40. The molecule has 4 rings (SSSR count). The number of nitriles is 1. The third-order valence-electron chi connectivity index (χ3n) is 6.17. The number of amides is 1. The summed E-state index contributed by atoms with van der Waals surface area (Å²) in [6.07, 6.45) is 1.90. The standard InChI is InChI=1S/C29H27FN4O/c1-4-14-34(2,3)26-11-8-21(9-12-26)19-32-29(35)28-17-24-16-25(30)10-13-27(24)33(28)20-23-7-5-6-22(15-23)18-31/h4-13,15-17H,1,14,19-20H2,2-3H3/p+1. The van der Waals surface area contributed by atoms with Crippen LogP contribution in [0.3, 0.4) is 0 Å². The summed E-state index contributed by atoms with van der Waals surface area (Å²) in [5.74, 6) is -0.601. The minimum atomic E-state index is -0.356. The summed E-state index contributed by atoms with van der Waals surface area (Å²) in [5, 5.41) is 12.9. The molecule has 35 heavy (non-hydrogen) atoms. The van der Waals surface area contributed by atoms with Crippen LogP contribution in [0.25, 0.3) is 10.9 Å². The second-order valence-electron chi connectivity index (χ2n) is 9.14. The Morgan fingerprint density at radius 2 is 1.86 bits per heavy atom. The van der Waals surface area contributed by atoms with Gasteiger partial charge in [0.05, 0.1) is 25.7 Å². The number of hydrogen-bond acceptors (Lipinski definition) is 2. The van der Waals surface area contributed by atoms with Crippen molar-refractivity contribution in [2.24, 2.45) is 0 Å². The van der Waals surface area contributed by atoms with E-state index in [-0.39, 0.29) is 11.7 Å². The van der Waals surface area contributed by atoms with Crippen molar-refractivity contribution in [2.45, 2.75) is 13.1 Å². The number of nitrogens with one attached hydrogen (secondary N) is 1. The fourth-order valence-corrected chi connectivity index (χ4v) is 4.24. The molecule has 0 spiro atoms. The number of aromatic nitrogens is 1. The molecule has 3 aromatic carbocycles. The first-order valence-electron chi connectivity index (χ1n) is 11.4. The van der Waals surface area contributed by atoms with Gasteiger partial charge < -0.3 is 9.88 Å². The zero-order valence-corrected chi connectivity index (χ0v) is 20.0. The molecule has 1 heterocycles. The Bertz CT molecular complexity index is 1430. The van der Waals surface area contributed by atoms with E-state index in [0.29, 0.717) is 34.2 Å². The average molecular weight is 468 g/mol. The third-order valence-corrected chi connectivity index (χ3v) is 6.17. The summed E-state index contributed by atoms with van der Waals surface area (Å²) in [6.45, 7) is 5.40. The lowest BCUT2D eigenvalue weighted by Gasteiger charge is -2.27. The number of fused-ring (bicyclic) bond motifs is 1. The molecule has 0 saturated carbocycles. The van der Waals surface area contributed by atoms with Gasteiger partial charge in [-0.15, -0.1) is 0 Å². The molecule has 1 amide bonds. The molecule has 6 heteroatoms. The molecule has 0 aliphatic heterocycles. The normalized spacial score (nSPS) is 11.3. The Morgan fingerprint density at radius 1 is 1.09 bits per heavy atom. The molecule has 0 fully saturated rings. The highest BCUT2D eigenvalue weighted by atomic mass is 19.1. The number of benzene rings is 3. The molecular formula is C29H28FN4O+. The summed E-state index contributed by atoms with van der Waals surface area (Å²) in [7, 11) is 4.23. The molecule has 0 atom stereocenters. The number of rotatable bonds is 8. The van der Waals surface area contributed by atoms with E-state index in [1.165, 1.54) is 12.1 Å². The number of halogens is 1. The molecule has 4 aromatic rings. The maximum Gasteiger partial charge on any atom is 0.268 e. The molecule has 1 N–H and O–H groups in total. The molecule has 0 aliphatic carbocycles. The highest BCUT2D eigenvalue weighted by Crippen LogP contribution is 2.24. The second-order valence-corrected chi connectivity index (χ2v) is 9.14. The first-order valence-corrected chi connectivity index (χ1v) is 11.4. The van der Waals surface area contributed by atoms with Crippen molar-refractivity contribution >= 4 is 22.5 Å². The monoisotopic (exact) mass is 467 g/mol. The predicted octanol–water partition coefficient (Wildman–Crippen LogP) is 5.38. The van der Waals surface area contributed by atoms with Crippen molar-refractivity contribution in [1.82, 2.24) is 14.4 Å². The van der Waals surface area contributed by atoms with Crippen LogP contribution in [0.5, 0.6) is 0 Å². The topological polar surface area (TPSA) is 57.8 Å². The second kappa shape index (κ2) is 9.96. The lowest BCUT2D eigenvalue weighted by molar-refractivity contribution is 0.0942. The minimum absolute atomic E-state index is 0.245. The third kappa shape index (κ3) is 5.32. The maximum atomic E-state index is 13.9. The van der Waals surface area contributed by atoms with Crippen LogP contribution in [-0.2, 0) is 13.1 Å². The summed E-state index contributed by atoms with van der Waals surface area (Å²) >= 11 is 0. The van der Waals surface area contributed by atoms with Gasteiger partial charge in [0.2, 0.25) is 0 Å². The Morgan fingerprint density at radius 3 is 2.57 bits per heavy atom. The van der Waals surface area contributed by atoms with Crippen LogP contribution in [0.4, 0.5) is 10.1 Å². The average Bonchev–Trinajstić information content (AvgIpc) is 3.20. The van der Waals surface area contributed by atoms with Crippen LogP contribution < -0.4 is 9.80 Å². The zero-order chi connectivity index (χ0) is 25.0. The lowest BCUT2D eigenvalue weighted by atomic mass is 10.1. The molecule has 0 bridgehead atoms. The van der Waals surface area contributed by atoms with Crippen LogP contribution in [0, 0.1) is 17.1 Å². The fraction of sp³-hybridized carbons (Fsp3) is 0.172. The summed E-state index contributed by atoms with van der Waals surface area (Å²) in [5.41, 5.74) is 4.77. The molecule has 1 aromatic heterocycles. The Kier molecular flexibility index (Phi) is 6.81. The van der Waals surface area contributed by atoms with Gasteiger partial charge in [-0.1, -0.05) is 30.8 Å². The van der Waals surface area contributed by atoms with E-state index < -0.39 is 0 Å². The molecular weight excluding hydrogens is 439 g/mol. The first kappa shape index (κ1) is 23.9. The van der Waals surface area contributed by atoms with Crippen molar-refractivity contribution in [1.29, 1.82) is 5.26 Å². The van der Waals surface area contributed by atoms with Crippen LogP contribution in [-0.4, -0.2) is 31.1 Å². The summed E-state index contributed by atoms with van der Waals surface area (Å²) in [6, 6.07) is 23.8. The Hall–Kier alpha value is -4.21. The first-order chi connectivity index (χ1) is 16.8. The molecule has 0 saturated heterocycles. The molecule has 176 valence electrons. The Labute approximate surface area is 204 Å². The highest BCUT2D eigenvalue weighted by molar-refractivity contribution is 5.98. The largest absolute Gasteiger partial charge is 0.347 e. The van der Waals surface area contributed by atoms with E-state index in [1.807, 2.05) is 34.9 Å². The van der Waals surface area contributed by atoms with Gasteiger partial charge in [0.25, 0.3) is 5.91 Å². The number of likely N-dealkylation sites (N-methyl/N-ethyl adjacent to an activating group) is 1. The quantitative estimate of drug-likeness (QED) is 0.279. The fourth-order valence-electron chi connectivity index (χ4n) is 4.24. The number of quaternary nitrogens is 1. The van der Waals surface area contributed by atoms with Gasteiger partial charge in [0, 0.05) is 24.0 Å². The van der Waals surface area contributed by atoms with Crippen molar-refractivity contribution < 1.29 is 9.18 Å². The van der Waals surface area contributed by atoms with Gasteiger partial charge in [0.15, 0.2) is 0 Å². The van der Waals surface area contributed by atoms with Gasteiger partial charge in [-0.25, -0.2) is 4.39 Å². The summed E-state index contributed by atoms with van der Waals surface area (Å²) in [4.78, 5) is 13.2. The molecule has 0 unspecified atom stereocenters. The van der Waals surface area contributed by atoms with Gasteiger partial charge >= 0.3 is 0 Å². The van der Waals surface area contributed by atoms with E-state index in [9.17, 15) is 14.4 Å². The van der Waals surface area contributed by atoms with Crippen LogP contribution >= 0.6 is 0 Å². The summed E-state index contributed by atoms with van der Waals surface area (Å²) < 4.78 is 16.4. The van der Waals surface area contributed by atoms with E-state index in [4.69, 9.17) is 0 Å². The van der Waals surface area contributed by atoms with Crippen molar-refractivity contribution in [3.8, 4) is 6.07 Å². The smallest absolute Gasteiger partial charge is 0.268 e. The van der Waals surface area contributed by atoms with Crippen molar-refractivity contribution in [3.63, 3.8) is 0 Å². The Balaban J connectivity index is 1.58. The van der Waals surface area contributed by atoms with Gasteiger partial charge in [-0.05, 0) is 65.7 Å². The molecule has 0 aliphatic rings. The van der Waals surface area contributed by atoms with Crippen molar-refractivity contribution in [3.05, 3.63) is 114 Å². The highest BCUT2D eigenvalue weighted by Gasteiger charge is 2.18. The van der Waals surface area contributed by atoms with Crippen LogP contribution in [0.15, 0.2) is 85.5 Å². The van der Waals surface area contributed by atoms with E-state index >= 15 is 0 Å². The maximum absolute atomic E-state index is 13.9. The van der Waals surface area contributed by atoms with Gasteiger partial charge in [0.1, 0.15) is 23.7 Å². The molecule has 5 nitrogen and oxygen atoms in total. The van der Waals surface area contributed by atoms with E-state index in [1.54, 1.807) is 24.3 Å². The van der Waals surface area contributed by atoms with Crippen LogP contribution in [0.1, 0.15) is 27.2 Å². The molecule has 0 radical (unpaired) electrons. The van der Waals surface area contributed by atoms with Crippen molar-refractivity contribution in [2.75, 3.05) is 20.6 Å². The SMILES string of the molecule is C=CC[N+](C)(C)c1ccc(CNC(=O)c2cc3cc(F)ccc3n2Cc2cccc(C#N)c2)cc1. The van der Waals surface area contributed by atoms with E-state index in [2.05, 4.69) is 44.2 Å².